The summed E-state index contributed by atoms with van der Waals surface area (Å²) < 4.78 is 1.91. The highest BCUT2D eigenvalue weighted by molar-refractivity contribution is 5.42. The van der Waals surface area contributed by atoms with Crippen LogP contribution < -0.4 is 5.73 Å². The molecule has 0 saturated heterocycles. The van der Waals surface area contributed by atoms with Crippen LogP contribution in [-0.4, -0.2) is 9.78 Å². The molecule has 0 amide bonds. The van der Waals surface area contributed by atoms with Crippen LogP contribution in [0.4, 0.5) is 0 Å². The van der Waals surface area contributed by atoms with E-state index in [4.69, 9.17) is 5.73 Å². The van der Waals surface area contributed by atoms with Crippen LogP contribution in [0.3, 0.4) is 0 Å². The van der Waals surface area contributed by atoms with Crippen molar-refractivity contribution in [1.82, 2.24) is 9.78 Å². The SMILES string of the molecule is CC(C)c1ccn(-c2ccccc2[C@@H](C)N)n1. The molecule has 0 radical (unpaired) electrons. The smallest absolute Gasteiger partial charge is 0.0693 e. The zero-order valence-electron chi connectivity index (χ0n) is 10.6. The molecule has 3 nitrogen and oxygen atoms in total. The Morgan fingerprint density at radius 2 is 1.82 bits per heavy atom. The molecular weight excluding hydrogens is 210 g/mol. The van der Waals surface area contributed by atoms with Gasteiger partial charge < -0.3 is 5.73 Å². The lowest BCUT2D eigenvalue weighted by atomic mass is 10.1. The van der Waals surface area contributed by atoms with Crippen molar-refractivity contribution in [2.24, 2.45) is 5.73 Å². The summed E-state index contributed by atoms with van der Waals surface area (Å²) in [5.41, 5.74) is 9.26. The van der Waals surface area contributed by atoms with E-state index in [0.717, 1.165) is 16.9 Å². The second-order valence-electron chi connectivity index (χ2n) is 4.69. The quantitative estimate of drug-likeness (QED) is 0.879. The van der Waals surface area contributed by atoms with Crippen molar-refractivity contribution < 1.29 is 0 Å². The highest BCUT2D eigenvalue weighted by atomic mass is 15.3. The summed E-state index contributed by atoms with van der Waals surface area (Å²) in [5, 5.41) is 4.58. The van der Waals surface area contributed by atoms with Crippen LogP contribution in [-0.2, 0) is 0 Å². The number of aromatic nitrogens is 2. The fraction of sp³-hybridized carbons (Fsp3) is 0.357. The van der Waals surface area contributed by atoms with Crippen LogP contribution in [0.15, 0.2) is 36.5 Å². The van der Waals surface area contributed by atoms with Gasteiger partial charge in [-0.2, -0.15) is 5.10 Å². The number of rotatable bonds is 3. The Balaban J connectivity index is 2.45. The van der Waals surface area contributed by atoms with Crippen LogP contribution in [0, 0.1) is 0 Å². The predicted octanol–water partition coefficient (Wildman–Crippen LogP) is 3.02. The van der Waals surface area contributed by atoms with Crippen molar-refractivity contribution in [2.75, 3.05) is 0 Å². The first-order valence-corrected chi connectivity index (χ1v) is 6.00. The maximum atomic E-state index is 5.98. The molecule has 0 spiro atoms. The average molecular weight is 229 g/mol. The normalized spacial score (nSPS) is 13.0. The molecule has 1 heterocycles. The molecule has 1 aromatic carbocycles. The van der Waals surface area contributed by atoms with E-state index < -0.39 is 0 Å². The van der Waals surface area contributed by atoms with Crippen LogP contribution >= 0.6 is 0 Å². The number of para-hydroxylation sites is 1. The molecule has 3 heteroatoms. The summed E-state index contributed by atoms with van der Waals surface area (Å²) in [7, 11) is 0. The first-order valence-electron chi connectivity index (χ1n) is 6.00. The molecule has 2 aromatic rings. The van der Waals surface area contributed by atoms with E-state index in [1.54, 1.807) is 0 Å². The summed E-state index contributed by atoms with van der Waals surface area (Å²) in [6.07, 6.45) is 2.00. The molecule has 2 rings (SSSR count). The number of hydrogen-bond acceptors (Lipinski definition) is 2. The van der Waals surface area contributed by atoms with Crippen LogP contribution in [0.5, 0.6) is 0 Å². The molecule has 0 aliphatic carbocycles. The van der Waals surface area contributed by atoms with Gasteiger partial charge in [0, 0.05) is 12.2 Å². The second-order valence-corrected chi connectivity index (χ2v) is 4.69. The van der Waals surface area contributed by atoms with Gasteiger partial charge in [0.25, 0.3) is 0 Å². The third-order valence-corrected chi connectivity index (χ3v) is 2.88. The zero-order chi connectivity index (χ0) is 12.4. The van der Waals surface area contributed by atoms with Gasteiger partial charge in [0.1, 0.15) is 0 Å². The molecule has 90 valence electrons. The zero-order valence-corrected chi connectivity index (χ0v) is 10.6. The van der Waals surface area contributed by atoms with Gasteiger partial charge in [-0.3, -0.25) is 0 Å². The Labute approximate surface area is 102 Å². The summed E-state index contributed by atoms with van der Waals surface area (Å²) in [6, 6.07) is 10.2. The Morgan fingerprint density at radius 1 is 1.12 bits per heavy atom. The van der Waals surface area contributed by atoms with Crippen molar-refractivity contribution in [3.05, 3.63) is 47.8 Å². The topological polar surface area (TPSA) is 43.8 Å². The lowest BCUT2D eigenvalue weighted by molar-refractivity contribution is 0.746. The fourth-order valence-electron chi connectivity index (χ4n) is 1.86. The first kappa shape index (κ1) is 11.9. The van der Waals surface area contributed by atoms with Gasteiger partial charge in [0.15, 0.2) is 0 Å². The average Bonchev–Trinajstić information content (AvgIpc) is 2.78. The molecule has 0 unspecified atom stereocenters. The summed E-state index contributed by atoms with van der Waals surface area (Å²) in [4.78, 5) is 0. The first-order chi connectivity index (χ1) is 8.09. The van der Waals surface area contributed by atoms with E-state index in [2.05, 4.69) is 37.1 Å². The van der Waals surface area contributed by atoms with Crippen LogP contribution in [0.2, 0.25) is 0 Å². The molecule has 0 aliphatic heterocycles. The summed E-state index contributed by atoms with van der Waals surface area (Å²) >= 11 is 0. The van der Waals surface area contributed by atoms with Gasteiger partial charge in [-0.15, -0.1) is 0 Å². The van der Waals surface area contributed by atoms with E-state index in [1.807, 2.05) is 29.9 Å². The van der Waals surface area contributed by atoms with Crippen molar-refractivity contribution >= 4 is 0 Å². The van der Waals surface area contributed by atoms with E-state index in [9.17, 15) is 0 Å². The second kappa shape index (κ2) is 4.72. The molecule has 1 atom stereocenters. The highest BCUT2D eigenvalue weighted by Crippen LogP contribution is 2.20. The van der Waals surface area contributed by atoms with Crippen molar-refractivity contribution in [1.29, 1.82) is 0 Å². The Bertz CT molecular complexity index is 498. The molecule has 0 fully saturated rings. The molecule has 0 saturated carbocycles. The minimum absolute atomic E-state index is 0.0119. The maximum Gasteiger partial charge on any atom is 0.0693 e. The van der Waals surface area contributed by atoms with E-state index >= 15 is 0 Å². The van der Waals surface area contributed by atoms with Gasteiger partial charge in [0.05, 0.1) is 11.4 Å². The lowest BCUT2D eigenvalue weighted by Crippen LogP contribution is -2.10. The van der Waals surface area contributed by atoms with Gasteiger partial charge in [-0.25, -0.2) is 4.68 Å². The van der Waals surface area contributed by atoms with Gasteiger partial charge in [-0.1, -0.05) is 32.0 Å². The van der Waals surface area contributed by atoms with Crippen molar-refractivity contribution in [3.8, 4) is 5.69 Å². The number of hydrogen-bond donors (Lipinski definition) is 1. The Kier molecular flexibility index (Phi) is 3.29. The lowest BCUT2D eigenvalue weighted by Gasteiger charge is -2.12. The fourth-order valence-corrected chi connectivity index (χ4v) is 1.86. The van der Waals surface area contributed by atoms with E-state index in [1.165, 1.54) is 0 Å². The third-order valence-electron chi connectivity index (χ3n) is 2.88. The van der Waals surface area contributed by atoms with Crippen molar-refractivity contribution in [2.45, 2.75) is 32.7 Å². The Morgan fingerprint density at radius 3 is 2.41 bits per heavy atom. The minimum atomic E-state index is 0.0119. The Hall–Kier alpha value is -1.61. The minimum Gasteiger partial charge on any atom is -0.324 e. The van der Waals surface area contributed by atoms with Gasteiger partial charge in [0.2, 0.25) is 0 Å². The molecule has 0 bridgehead atoms. The van der Waals surface area contributed by atoms with E-state index in [0.29, 0.717) is 5.92 Å². The van der Waals surface area contributed by atoms with Gasteiger partial charge in [-0.05, 0) is 30.5 Å². The predicted molar refractivity (Wildman–Crippen MR) is 70.3 cm³/mol. The molecule has 2 N–H and O–H groups in total. The van der Waals surface area contributed by atoms with Crippen LogP contribution in [0.1, 0.15) is 44.0 Å². The summed E-state index contributed by atoms with van der Waals surface area (Å²) in [5.74, 6) is 0.443. The number of benzene rings is 1. The third kappa shape index (κ3) is 2.39. The number of nitrogens with zero attached hydrogens (tertiary/aromatic N) is 2. The number of nitrogens with two attached hydrogens (primary N) is 1. The molecule has 17 heavy (non-hydrogen) atoms. The maximum absolute atomic E-state index is 5.98. The summed E-state index contributed by atoms with van der Waals surface area (Å²) in [6.45, 7) is 6.28. The standard InChI is InChI=1S/C14H19N3/c1-10(2)13-8-9-17(16-13)14-7-5-4-6-12(14)11(3)15/h4-11H,15H2,1-3H3/t11-/m1/s1. The van der Waals surface area contributed by atoms with Crippen LogP contribution in [0.25, 0.3) is 5.69 Å². The monoisotopic (exact) mass is 229 g/mol. The molecular formula is C14H19N3. The highest BCUT2D eigenvalue weighted by Gasteiger charge is 2.10. The molecule has 0 aliphatic rings. The van der Waals surface area contributed by atoms with Gasteiger partial charge >= 0.3 is 0 Å². The largest absolute Gasteiger partial charge is 0.324 e. The van der Waals surface area contributed by atoms with E-state index in [-0.39, 0.29) is 6.04 Å². The molecule has 1 aromatic heterocycles. The van der Waals surface area contributed by atoms with Crippen molar-refractivity contribution in [3.63, 3.8) is 0 Å².